The van der Waals surface area contributed by atoms with Gasteiger partial charge in [0.1, 0.15) is 5.75 Å². The summed E-state index contributed by atoms with van der Waals surface area (Å²) in [6.45, 7) is 4.18. The van der Waals surface area contributed by atoms with Crippen LogP contribution in [0.1, 0.15) is 51.0 Å². The minimum absolute atomic E-state index is 0.245. The maximum absolute atomic E-state index is 5.95. The summed E-state index contributed by atoms with van der Waals surface area (Å²) in [6.07, 6.45) is 5.38. The number of nitrogens with one attached hydrogen (secondary N) is 1. The third-order valence-electron chi connectivity index (χ3n) is 3.80. The van der Waals surface area contributed by atoms with E-state index in [1.54, 1.807) is 0 Å². The highest BCUT2D eigenvalue weighted by Crippen LogP contribution is 2.37. The van der Waals surface area contributed by atoms with E-state index in [9.17, 15) is 0 Å². The molecular weight excluding hydrogens is 222 g/mol. The largest absolute Gasteiger partial charge is 0.491 e. The van der Waals surface area contributed by atoms with Gasteiger partial charge in [0.25, 0.3) is 0 Å². The van der Waals surface area contributed by atoms with Gasteiger partial charge in [-0.15, -0.1) is 0 Å². The first kappa shape index (κ1) is 13.4. The van der Waals surface area contributed by atoms with Crippen LogP contribution >= 0.6 is 0 Å². The van der Waals surface area contributed by atoms with E-state index in [1.165, 1.54) is 31.2 Å². The molecule has 0 saturated heterocycles. The Morgan fingerprint density at radius 3 is 2.72 bits per heavy atom. The van der Waals surface area contributed by atoms with Gasteiger partial charge >= 0.3 is 0 Å². The lowest BCUT2D eigenvalue weighted by atomic mass is 9.81. The number of hydrogen-bond acceptors (Lipinski definition) is 2. The van der Waals surface area contributed by atoms with Crippen LogP contribution in [0, 0.1) is 0 Å². The van der Waals surface area contributed by atoms with E-state index in [1.807, 2.05) is 0 Å². The van der Waals surface area contributed by atoms with Crippen molar-refractivity contribution in [1.29, 1.82) is 0 Å². The fourth-order valence-corrected chi connectivity index (χ4v) is 2.91. The van der Waals surface area contributed by atoms with Crippen molar-refractivity contribution >= 4 is 0 Å². The smallest absolute Gasteiger partial charge is 0.123 e. The molecule has 1 aliphatic rings. The minimum atomic E-state index is 0.245. The molecule has 1 fully saturated rings. The Kier molecular flexibility index (Phi) is 4.65. The molecule has 2 atom stereocenters. The monoisotopic (exact) mass is 247 g/mol. The normalized spacial score (nSPS) is 24.2. The topological polar surface area (TPSA) is 21.3 Å². The van der Waals surface area contributed by atoms with Crippen LogP contribution in [-0.4, -0.2) is 19.2 Å². The number of hydrogen-bond donors (Lipinski definition) is 1. The molecule has 0 heterocycles. The molecule has 0 radical (unpaired) electrons. The third-order valence-corrected chi connectivity index (χ3v) is 3.80. The highest BCUT2D eigenvalue weighted by Gasteiger charge is 2.24. The van der Waals surface area contributed by atoms with Crippen LogP contribution in [0.15, 0.2) is 24.3 Å². The van der Waals surface area contributed by atoms with E-state index in [-0.39, 0.29) is 6.10 Å². The first-order valence-corrected chi connectivity index (χ1v) is 7.13. The summed E-state index contributed by atoms with van der Waals surface area (Å²) < 4.78 is 5.95. The Hall–Kier alpha value is -1.02. The molecule has 0 amide bonds. The highest BCUT2D eigenvalue weighted by molar-refractivity contribution is 5.36. The van der Waals surface area contributed by atoms with Crippen LogP contribution in [-0.2, 0) is 0 Å². The fourth-order valence-electron chi connectivity index (χ4n) is 2.91. The molecule has 2 rings (SSSR count). The van der Waals surface area contributed by atoms with Gasteiger partial charge in [0.05, 0.1) is 6.10 Å². The van der Waals surface area contributed by atoms with Crippen molar-refractivity contribution < 1.29 is 4.74 Å². The summed E-state index contributed by atoms with van der Waals surface area (Å²) in [5.74, 6) is 1.72. The summed E-state index contributed by atoms with van der Waals surface area (Å²) in [6, 6.07) is 9.21. The molecule has 18 heavy (non-hydrogen) atoms. The summed E-state index contributed by atoms with van der Waals surface area (Å²) in [4.78, 5) is 0. The minimum Gasteiger partial charge on any atom is -0.491 e. The second kappa shape index (κ2) is 6.24. The first-order chi connectivity index (χ1) is 8.70. The van der Waals surface area contributed by atoms with E-state index in [0.29, 0.717) is 12.0 Å². The molecule has 2 nitrogen and oxygen atoms in total. The maximum atomic E-state index is 5.95. The Bertz CT molecular complexity index is 375. The molecule has 1 aromatic rings. The zero-order valence-electron chi connectivity index (χ0n) is 11.8. The lowest BCUT2D eigenvalue weighted by Gasteiger charge is -2.30. The molecule has 2 heteroatoms. The molecule has 1 aliphatic carbocycles. The predicted octanol–water partition coefficient (Wildman–Crippen LogP) is 3.72. The molecule has 0 aromatic heterocycles. The maximum Gasteiger partial charge on any atom is 0.123 e. The third kappa shape index (κ3) is 3.26. The standard InChI is InChI=1S/C16H25NO/c1-12(2)18-16-10-5-4-9-15(16)13-7-6-8-14(11-13)17-3/h4-5,9-10,12-14,17H,6-8,11H2,1-3H3. The fraction of sp³-hybridized carbons (Fsp3) is 0.625. The van der Waals surface area contributed by atoms with E-state index in [0.717, 1.165) is 5.75 Å². The lowest BCUT2D eigenvalue weighted by molar-refractivity contribution is 0.235. The van der Waals surface area contributed by atoms with Gasteiger partial charge in [-0.3, -0.25) is 0 Å². The van der Waals surface area contributed by atoms with Gasteiger partial charge in [0.2, 0.25) is 0 Å². The van der Waals surface area contributed by atoms with Gasteiger partial charge in [0, 0.05) is 6.04 Å². The predicted molar refractivity (Wildman–Crippen MR) is 76.3 cm³/mol. The Labute approximate surface area is 111 Å². The molecule has 1 N–H and O–H groups in total. The van der Waals surface area contributed by atoms with Crippen LogP contribution in [0.25, 0.3) is 0 Å². The number of rotatable bonds is 4. The van der Waals surface area contributed by atoms with Crippen molar-refractivity contribution in [1.82, 2.24) is 5.32 Å². The zero-order valence-corrected chi connectivity index (χ0v) is 11.8. The molecule has 1 saturated carbocycles. The average molecular weight is 247 g/mol. The van der Waals surface area contributed by atoms with E-state index in [2.05, 4.69) is 50.5 Å². The second-order valence-electron chi connectivity index (χ2n) is 5.55. The summed E-state index contributed by atoms with van der Waals surface area (Å²) in [5, 5.41) is 3.42. The van der Waals surface area contributed by atoms with Crippen molar-refractivity contribution in [2.45, 2.75) is 57.6 Å². The zero-order chi connectivity index (χ0) is 13.0. The molecular formula is C16H25NO. The lowest BCUT2D eigenvalue weighted by Crippen LogP contribution is -2.30. The first-order valence-electron chi connectivity index (χ1n) is 7.13. The van der Waals surface area contributed by atoms with Gasteiger partial charge in [-0.05, 0) is 57.7 Å². The molecule has 100 valence electrons. The van der Waals surface area contributed by atoms with Crippen LogP contribution in [0.2, 0.25) is 0 Å². The average Bonchev–Trinajstić information content (AvgIpc) is 2.39. The van der Waals surface area contributed by atoms with Crippen LogP contribution in [0.3, 0.4) is 0 Å². The van der Waals surface area contributed by atoms with Gasteiger partial charge in [-0.1, -0.05) is 24.6 Å². The van der Waals surface area contributed by atoms with E-state index >= 15 is 0 Å². The Balaban J connectivity index is 2.16. The van der Waals surface area contributed by atoms with Crippen molar-refractivity contribution in [3.05, 3.63) is 29.8 Å². The molecule has 0 bridgehead atoms. The molecule has 0 spiro atoms. The van der Waals surface area contributed by atoms with Gasteiger partial charge < -0.3 is 10.1 Å². The van der Waals surface area contributed by atoms with E-state index < -0.39 is 0 Å². The van der Waals surface area contributed by atoms with Crippen molar-refractivity contribution in [3.63, 3.8) is 0 Å². The summed E-state index contributed by atoms with van der Waals surface area (Å²) >= 11 is 0. The highest BCUT2D eigenvalue weighted by atomic mass is 16.5. The van der Waals surface area contributed by atoms with Crippen molar-refractivity contribution in [2.75, 3.05) is 7.05 Å². The second-order valence-corrected chi connectivity index (χ2v) is 5.55. The Morgan fingerprint density at radius 2 is 2.00 bits per heavy atom. The number of ether oxygens (including phenoxy) is 1. The molecule has 1 aromatic carbocycles. The number of benzene rings is 1. The van der Waals surface area contributed by atoms with Crippen LogP contribution in [0.5, 0.6) is 5.75 Å². The van der Waals surface area contributed by atoms with Crippen LogP contribution in [0.4, 0.5) is 0 Å². The van der Waals surface area contributed by atoms with Crippen molar-refractivity contribution in [2.24, 2.45) is 0 Å². The quantitative estimate of drug-likeness (QED) is 0.875. The van der Waals surface area contributed by atoms with Gasteiger partial charge in [-0.2, -0.15) is 0 Å². The van der Waals surface area contributed by atoms with Crippen LogP contribution < -0.4 is 10.1 Å². The number of para-hydroxylation sites is 1. The molecule has 2 unspecified atom stereocenters. The Morgan fingerprint density at radius 1 is 1.22 bits per heavy atom. The summed E-state index contributed by atoms with van der Waals surface area (Å²) in [5.41, 5.74) is 1.39. The van der Waals surface area contributed by atoms with Gasteiger partial charge in [0.15, 0.2) is 0 Å². The van der Waals surface area contributed by atoms with Crippen molar-refractivity contribution in [3.8, 4) is 5.75 Å². The SMILES string of the molecule is CNC1CCCC(c2ccccc2OC(C)C)C1. The summed E-state index contributed by atoms with van der Waals surface area (Å²) in [7, 11) is 2.07. The molecule has 0 aliphatic heterocycles. The van der Waals surface area contributed by atoms with Gasteiger partial charge in [-0.25, -0.2) is 0 Å². The van der Waals surface area contributed by atoms with E-state index in [4.69, 9.17) is 4.74 Å².